The highest BCUT2D eigenvalue weighted by Gasteiger charge is 2.32. The number of pyridine rings is 1. The van der Waals surface area contributed by atoms with Crippen molar-refractivity contribution in [3.8, 4) is 16.9 Å². The van der Waals surface area contributed by atoms with Gasteiger partial charge in [-0.2, -0.15) is 4.98 Å². The Morgan fingerprint density at radius 3 is 2.45 bits per heavy atom. The van der Waals surface area contributed by atoms with Gasteiger partial charge < -0.3 is 15.5 Å². The van der Waals surface area contributed by atoms with Crippen molar-refractivity contribution in [1.29, 1.82) is 0 Å². The summed E-state index contributed by atoms with van der Waals surface area (Å²) in [7, 11) is -3.93. The molecule has 1 aliphatic heterocycles. The fourth-order valence-corrected chi connectivity index (χ4v) is 6.79. The van der Waals surface area contributed by atoms with Gasteiger partial charge in [0.25, 0.3) is 0 Å². The van der Waals surface area contributed by atoms with Gasteiger partial charge in [-0.1, -0.05) is 24.8 Å². The van der Waals surface area contributed by atoms with Gasteiger partial charge in [0, 0.05) is 31.4 Å². The van der Waals surface area contributed by atoms with E-state index in [1.807, 2.05) is 6.92 Å². The molecule has 230 valence electrons. The molecule has 0 aliphatic carbocycles. The van der Waals surface area contributed by atoms with Crippen LogP contribution >= 0.6 is 0 Å². The molecule has 1 fully saturated rings. The molecular formula is C31H32F2N6O4S. The standard InChI is InChI=1S/C31H32F2N6O4S/c1-6-25(40)37-13-14-38(19(5)16-37)29-20-15-22(33)27(26-21(32)10-8-11-23(26)34)35-30(20)39(31(41)36-29)28-18(4)9-7-12-24(28)44(42,43)17(2)3/h6-12,15,17,19H,1,13-14,16,34H2,2-5H3/t19-/m0/s1. The van der Waals surface area contributed by atoms with Crippen LogP contribution in [0.3, 0.4) is 0 Å². The predicted octanol–water partition coefficient (Wildman–Crippen LogP) is 4.02. The molecule has 1 atom stereocenters. The first-order valence-corrected chi connectivity index (χ1v) is 15.5. The van der Waals surface area contributed by atoms with E-state index in [0.29, 0.717) is 5.56 Å². The van der Waals surface area contributed by atoms with Crippen LogP contribution in [0.15, 0.2) is 64.8 Å². The molecule has 0 radical (unpaired) electrons. The Balaban J connectivity index is 1.87. The number of carbonyl (C=O) groups excluding carboxylic acids is 1. The van der Waals surface area contributed by atoms with E-state index < -0.39 is 38.1 Å². The van der Waals surface area contributed by atoms with Crippen LogP contribution < -0.4 is 16.3 Å². The number of sulfone groups is 1. The third kappa shape index (κ3) is 5.10. The maximum absolute atomic E-state index is 15.9. The predicted molar refractivity (Wildman–Crippen MR) is 166 cm³/mol. The van der Waals surface area contributed by atoms with Crippen molar-refractivity contribution in [3.63, 3.8) is 0 Å². The third-order valence-electron chi connectivity index (χ3n) is 7.82. The summed E-state index contributed by atoms with van der Waals surface area (Å²) in [6.07, 6.45) is 1.22. The zero-order chi connectivity index (χ0) is 32.1. The van der Waals surface area contributed by atoms with Crippen LogP contribution in [0.2, 0.25) is 0 Å². The van der Waals surface area contributed by atoms with Gasteiger partial charge in [-0.3, -0.25) is 4.79 Å². The molecule has 0 unspecified atom stereocenters. The van der Waals surface area contributed by atoms with Crippen molar-refractivity contribution >= 4 is 38.3 Å². The van der Waals surface area contributed by atoms with E-state index in [-0.39, 0.29) is 70.3 Å². The van der Waals surface area contributed by atoms with Crippen LogP contribution in [-0.2, 0) is 14.6 Å². The van der Waals surface area contributed by atoms with Gasteiger partial charge >= 0.3 is 5.69 Å². The van der Waals surface area contributed by atoms with Gasteiger partial charge in [0.15, 0.2) is 21.3 Å². The van der Waals surface area contributed by atoms with Crippen LogP contribution in [-0.4, -0.2) is 64.7 Å². The van der Waals surface area contributed by atoms with Crippen LogP contribution in [0, 0.1) is 18.6 Å². The molecule has 3 heterocycles. The Bertz CT molecular complexity index is 1970. The number of para-hydroxylation sites is 1. The van der Waals surface area contributed by atoms with Gasteiger partial charge in [0.2, 0.25) is 5.91 Å². The number of benzene rings is 2. The number of aromatic nitrogens is 3. The summed E-state index contributed by atoms with van der Waals surface area (Å²) in [6, 6.07) is 9.23. The highest BCUT2D eigenvalue weighted by molar-refractivity contribution is 7.92. The summed E-state index contributed by atoms with van der Waals surface area (Å²) >= 11 is 0. The number of piperazine rings is 1. The van der Waals surface area contributed by atoms with Crippen LogP contribution in [0.5, 0.6) is 0 Å². The Morgan fingerprint density at radius 1 is 1.11 bits per heavy atom. The number of anilines is 2. The first kappa shape index (κ1) is 30.8. The molecule has 0 bridgehead atoms. The zero-order valence-electron chi connectivity index (χ0n) is 24.7. The summed E-state index contributed by atoms with van der Waals surface area (Å²) in [6.45, 7) is 10.9. The minimum atomic E-state index is -3.93. The second-order valence-electron chi connectivity index (χ2n) is 11.0. The number of nitrogen functional groups attached to an aromatic ring is 1. The Hall–Kier alpha value is -4.65. The number of rotatable bonds is 6. The molecule has 1 saturated heterocycles. The Morgan fingerprint density at radius 2 is 1.82 bits per heavy atom. The number of carbonyl (C=O) groups is 1. The quantitative estimate of drug-likeness (QED) is 0.252. The molecule has 4 aromatic rings. The smallest absolute Gasteiger partial charge is 0.355 e. The average molecular weight is 623 g/mol. The van der Waals surface area contributed by atoms with Gasteiger partial charge in [0.05, 0.1) is 26.8 Å². The zero-order valence-corrected chi connectivity index (χ0v) is 25.5. The molecule has 2 N–H and O–H groups in total. The number of hydrogen-bond acceptors (Lipinski definition) is 8. The minimum absolute atomic E-state index is 0.0104. The second kappa shape index (κ2) is 11.5. The highest BCUT2D eigenvalue weighted by atomic mass is 32.2. The maximum Gasteiger partial charge on any atom is 0.355 e. The van der Waals surface area contributed by atoms with E-state index in [1.165, 1.54) is 38.1 Å². The molecular weight excluding hydrogens is 590 g/mol. The Labute approximate surface area is 253 Å². The number of nitrogens with two attached hydrogens (primary N) is 1. The molecule has 13 heteroatoms. The van der Waals surface area contributed by atoms with E-state index >= 15 is 8.78 Å². The number of halogens is 2. The fraction of sp³-hybridized carbons (Fsp3) is 0.290. The van der Waals surface area contributed by atoms with E-state index in [0.717, 1.165) is 16.7 Å². The largest absolute Gasteiger partial charge is 0.398 e. The lowest BCUT2D eigenvalue weighted by molar-refractivity contribution is -0.126. The minimum Gasteiger partial charge on any atom is -0.398 e. The van der Waals surface area contributed by atoms with Gasteiger partial charge in [-0.25, -0.2) is 31.5 Å². The Kier molecular flexibility index (Phi) is 8.02. The number of aryl methyl sites for hydroxylation is 1. The van der Waals surface area contributed by atoms with Crippen molar-refractivity contribution in [2.24, 2.45) is 0 Å². The number of nitrogens with zero attached hydrogens (tertiary/aromatic N) is 5. The summed E-state index contributed by atoms with van der Waals surface area (Å²) in [5, 5.41) is -0.737. The van der Waals surface area contributed by atoms with Crippen molar-refractivity contribution in [2.75, 3.05) is 30.3 Å². The lowest BCUT2D eigenvalue weighted by Crippen LogP contribution is -2.54. The molecule has 2 aromatic carbocycles. The topological polar surface area (TPSA) is 131 Å². The lowest BCUT2D eigenvalue weighted by atomic mass is 10.1. The van der Waals surface area contributed by atoms with Gasteiger partial charge in [-0.15, -0.1) is 0 Å². The number of hydrogen-bond donors (Lipinski definition) is 1. The second-order valence-corrected chi connectivity index (χ2v) is 13.5. The van der Waals surface area contributed by atoms with Crippen molar-refractivity contribution in [1.82, 2.24) is 19.4 Å². The van der Waals surface area contributed by atoms with Crippen molar-refractivity contribution < 1.29 is 22.0 Å². The first-order valence-electron chi connectivity index (χ1n) is 14.0. The molecule has 2 aromatic heterocycles. The van der Waals surface area contributed by atoms with E-state index in [4.69, 9.17) is 5.73 Å². The molecule has 1 aliphatic rings. The SMILES string of the molecule is C=CC(=O)N1CCN(c2nc(=O)n(-c3c(C)cccc3S(=O)(=O)C(C)C)c3nc(-c4c(N)cccc4F)c(F)cc23)[C@@H](C)C1. The normalized spacial score (nSPS) is 15.7. The molecule has 0 spiro atoms. The fourth-order valence-electron chi connectivity index (χ4n) is 5.50. The monoisotopic (exact) mass is 622 g/mol. The summed E-state index contributed by atoms with van der Waals surface area (Å²) in [5.41, 5.74) is 4.65. The highest BCUT2D eigenvalue weighted by Crippen LogP contribution is 2.36. The molecule has 44 heavy (non-hydrogen) atoms. The third-order valence-corrected chi connectivity index (χ3v) is 10.0. The van der Waals surface area contributed by atoms with E-state index in [9.17, 15) is 18.0 Å². The van der Waals surface area contributed by atoms with Crippen LogP contribution in [0.4, 0.5) is 20.3 Å². The van der Waals surface area contributed by atoms with Crippen molar-refractivity contribution in [3.05, 3.63) is 82.8 Å². The van der Waals surface area contributed by atoms with Gasteiger partial charge in [0.1, 0.15) is 17.3 Å². The average Bonchev–Trinajstić information content (AvgIpc) is 2.97. The summed E-state index contributed by atoms with van der Waals surface area (Å²) in [5.74, 6) is -1.89. The molecule has 1 amide bonds. The summed E-state index contributed by atoms with van der Waals surface area (Å²) in [4.78, 5) is 38.3. The molecule has 5 rings (SSSR count). The van der Waals surface area contributed by atoms with Gasteiger partial charge in [-0.05, 0) is 63.6 Å². The summed E-state index contributed by atoms with van der Waals surface area (Å²) < 4.78 is 59.0. The van der Waals surface area contributed by atoms with Crippen molar-refractivity contribution in [2.45, 2.75) is 43.9 Å². The maximum atomic E-state index is 15.9. The van der Waals surface area contributed by atoms with Crippen LogP contribution in [0.25, 0.3) is 28.0 Å². The first-order chi connectivity index (χ1) is 20.8. The van der Waals surface area contributed by atoms with Crippen LogP contribution in [0.1, 0.15) is 26.3 Å². The molecule has 0 saturated carbocycles. The van der Waals surface area contributed by atoms with E-state index in [2.05, 4.69) is 16.5 Å². The lowest BCUT2D eigenvalue weighted by Gasteiger charge is -2.40. The molecule has 10 nitrogen and oxygen atoms in total. The van der Waals surface area contributed by atoms with E-state index in [1.54, 1.807) is 28.9 Å². The number of amides is 1. The number of fused-ring (bicyclic) bond motifs is 1.